The predicted octanol–water partition coefficient (Wildman–Crippen LogP) is 3.12. The molecule has 2 N–H and O–H groups in total. The number of amides is 1. The summed E-state index contributed by atoms with van der Waals surface area (Å²) in [5.41, 5.74) is 2.51. The summed E-state index contributed by atoms with van der Waals surface area (Å²) in [5.74, 6) is 0.00161. The number of thiophene rings is 1. The van der Waals surface area contributed by atoms with E-state index < -0.39 is 0 Å². The van der Waals surface area contributed by atoms with Gasteiger partial charge in [0.25, 0.3) is 0 Å². The normalized spacial score (nSPS) is 13.7. The second-order valence-corrected chi connectivity index (χ2v) is 6.03. The Kier molecular flexibility index (Phi) is 5.53. The van der Waals surface area contributed by atoms with E-state index >= 15 is 0 Å². The Morgan fingerprint density at radius 1 is 1.24 bits per heavy atom. The fraction of sp³-hybridized carbons (Fsp3) is 0.353. The molecule has 4 heteroatoms. The first-order chi connectivity index (χ1) is 10.2. The van der Waals surface area contributed by atoms with Gasteiger partial charge >= 0.3 is 0 Å². The van der Waals surface area contributed by atoms with Crippen molar-refractivity contribution < 1.29 is 4.79 Å². The largest absolute Gasteiger partial charge is 0.358 e. The molecule has 0 radical (unpaired) electrons. The van der Waals surface area contributed by atoms with Crippen LogP contribution in [0.1, 0.15) is 35.9 Å². The van der Waals surface area contributed by atoms with Crippen LogP contribution in [0, 0.1) is 0 Å². The van der Waals surface area contributed by atoms with Crippen molar-refractivity contribution in [1.82, 2.24) is 10.6 Å². The molecule has 1 aromatic heterocycles. The lowest BCUT2D eigenvalue weighted by atomic mass is 10.0. The topological polar surface area (TPSA) is 41.1 Å². The number of benzene rings is 1. The maximum absolute atomic E-state index is 11.8. The van der Waals surface area contributed by atoms with Gasteiger partial charge in [0.2, 0.25) is 5.91 Å². The molecular formula is C17H22N2OS. The van der Waals surface area contributed by atoms with Gasteiger partial charge in [-0.15, -0.1) is 11.3 Å². The SMILES string of the molecule is CCc1ccc([C@H](N[C@@H](C)C(=O)NC)c2cccs2)cc1. The van der Waals surface area contributed by atoms with E-state index in [1.165, 1.54) is 16.0 Å². The van der Waals surface area contributed by atoms with E-state index in [9.17, 15) is 4.79 Å². The number of aryl methyl sites for hydroxylation is 1. The summed E-state index contributed by atoms with van der Waals surface area (Å²) < 4.78 is 0. The number of hydrogen-bond donors (Lipinski definition) is 2. The quantitative estimate of drug-likeness (QED) is 0.861. The molecule has 21 heavy (non-hydrogen) atoms. The third-order valence-corrected chi connectivity index (χ3v) is 4.54. The van der Waals surface area contributed by atoms with Crippen LogP contribution in [-0.2, 0) is 11.2 Å². The molecule has 1 amide bonds. The highest BCUT2D eigenvalue weighted by atomic mass is 32.1. The number of hydrogen-bond acceptors (Lipinski definition) is 3. The van der Waals surface area contributed by atoms with Gasteiger partial charge in [0.1, 0.15) is 0 Å². The molecule has 0 spiro atoms. The standard InChI is InChI=1S/C17H22N2OS/c1-4-13-7-9-14(10-8-13)16(15-6-5-11-21-15)19-12(2)17(20)18-3/h5-12,16,19H,4H2,1-3H3,(H,18,20)/t12-,16-/m0/s1. The first-order valence-electron chi connectivity index (χ1n) is 7.25. The fourth-order valence-corrected chi connectivity index (χ4v) is 3.10. The van der Waals surface area contributed by atoms with Gasteiger partial charge in [-0.25, -0.2) is 0 Å². The van der Waals surface area contributed by atoms with Crippen LogP contribution in [0.3, 0.4) is 0 Å². The Balaban J connectivity index is 2.25. The second-order valence-electron chi connectivity index (χ2n) is 5.05. The molecule has 0 aliphatic carbocycles. The number of carbonyl (C=O) groups excluding carboxylic acids is 1. The summed E-state index contributed by atoms with van der Waals surface area (Å²) in [5, 5.41) is 8.17. The first kappa shape index (κ1) is 15.7. The van der Waals surface area contributed by atoms with Gasteiger partial charge in [-0.05, 0) is 35.9 Å². The third-order valence-electron chi connectivity index (χ3n) is 3.61. The molecule has 0 fully saturated rings. The average molecular weight is 302 g/mol. The number of carbonyl (C=O) groups is 1. The molecule has 0 unspecified atom stereocenters. The second kappa shape index (κ2) is 7.38. The minimum atomic E-state index is -0.243. The maximum Gasteiger partial charge on any atom is 0.236 e. The molecule has 0 saturated carbocycles. The van der Waals surface area contributed by atoms with Crippen molar-refractivity contribution in [1.29, 1.82) is 0 Å². The zero-order valence-electron chi connectivity index (χ0n) is 12.7. The average Bonchev–Trinajstić information content (AvgIpc) is 3.05. The Hall–Kier alpha value is -1.65. The van der Waals surface area contributed by atoms with Gasteiger partial charge in [-0.1, -0.05) is 37.3 Å². The van der Waals surface area contributed by atoms with Gasteiger partial charge < -0.3 is 5.32 Å². The summed E-state index contributed by atoms with van der Waals surface area (Å²) in [6.07, 6.45) is 1.03. The van der Waals surface area contributed by atoms with Crippen molar-refractivity contribution in [2.45, 2.75) is 32.4 Å². The Bertz CT molecular complexity index is 563. The summed E-state index contributed by atoms with van der Waals surface area (Å²) in [6.45, 7) is 4.04. The van der Waals surface area contributed by atoms with Crippen molar-refractivity contribution in [3.8, 4) is 0 Å². The van der Waals surface area contributed by atoms with E-state index in [1.807, 2.05) is 13.0 Å². The van der Waals surface area contributed by atoms with E-state index in [-0.39, 0.29) is 18.0 Å². The first-order valence-corrected chi connectivity index (χ1v) is 8.13. The molecule has 2 aromatic rings. The number of nitrogens with one attached hydrogen (secondary N) is 2. The van der Waals surface area contributed by atoms with Crippen molar-refractivity contribution in [2.24, 2.45) is 0 Å². The summed E-state index contributed by atoms with van der Waals surface area (Å²) in [7, 11) is 1.66. The smallest absolute Gasteiger partial charge is 0.236 e. The van der Waals surface area contributed by atoms with Crippen LogP contribution in [0.25, 0.3) is 0 Å². The third kappa shape index (κ3) is 3.93. The number of likely N-dealkylation sites (N-methyl/N-ethyl adjacent to an activating group) is 1. The maximum atomic E-state index is 11.8. The molecule has 0 saturated heterocycles. The zero-order chi connectivity index (χ0) is 15.2. The van der Waals surface area contributed by atoms with Gasteiger partial charge in [0.05, 0.1) is 12.1 Å². The van der Waals surface area contributed by atoms with Crippen LogP contribution in [0.4, 0.5) is 0 Å². The minimum Gasteiger partial charge on any atom is -0.358 e. The molecule has 3 nitrogen and oxygen atoms in total. The highest BCUT2D eigenvalue weighted by molar-refractivity contribution is 7.10. The van der Waals surface area contributed by atoms with Crippen LogP contribution in [0.2, 0.25) is 0 Å². The van der Waals surface area contributed by atoms with Crippen LogP contribution < -0.4 is 10.6 Å². The van der Waals surface area contributed by atoms with Crippen molar-refractivity contribution >= 4 is 17.2 Å². The lowest BCUT2D eigenvalue weighted by molar-refractivity contribution is -0.122. The fourth-order valence-electron chi connectivity index (χ4n) is 2.29. The monoisotopic (exact) mass is 302 g/mol. The van der Waals surface area contributed by atoms with E-state index in [0.717, 1.165) is 6.42 Å². The number of rotatable bonds is 6. The summed E-state index contributed by atoms with van der Waals surface area (Å²) in [4.78, 5) is 13.0. The summed E-state index contributed by atoms with van der Waals surface area (Å²) in [6, 6.07) is 12.5. The Morgan fingerprint density at radius 3 is 2.48 bits per heavy atom. The zero-order valence-corrected chi connectivity index (χ0v) is 13.5. The van der Waals surface area contributed by atoms with Crippen LogP contribution in [0.5, 0.6) is 0 Å². The molecule has 0 aliphatic rings. The lowest BCUT2D eigenvalue weighted by Crippen LogP contribution is -2.42. The van der Waals surface area contributed by atoms with E-state index in [2.05, 4.69) is 53.3 Å². The van der Waals surface area contributed by atoms with Crippen molar-refractivity contribution in [2.75, 3.05) is 7.05 Å². The van der Waals surface area contributed by atoms with Crippen LogP contribution in [0.15, 0.2) is 41.8 Å². The Morgan fingerprint density at radius 2 is 1.95 bits per heavy atom. The Labute approximate surface area is 130 Å². The highest BCUT2D eigenvalue weighted by Gasteiger charge is 2.20. The van der Waals surface area contributed by atoms with E-state index in [0.29, 0.717) is 0 Å². The van der Waals surface area contributed by atoms with Crippen LogP contribution in [-0.4, -0.2) is 19.0 Å². The molecule has 2 rings (SSSR count). The molecule has 0 bridgehead atoms. The molecule has 1 heterocycles. The van der Waals surface area contributed by atoms with Crippen LogP contribution >= 0.6 is 11.3 Å². The molecule has 112 valence electrons. The van der Waals surface area contributed by atoms with E-state index in [4.69, 9.17) is 0 Å². The van der Waals surface area contributed by atoms with Gasteiger partial charge in [-0.3, -0.25) is 10.1 Å². The molecular weight excluding hydrogens is 280 g/mol. The molecule has 0 aliphatic heterocycles. The minimum absolute atomic E-state index is 0.00161. The van der Waals surface area contributed by atoms with Gasteiger partial charge in [0, 0.05) is 11.9 Å². The van der Waals surface area contributed by atoms with Crippen molar-refractivity contribution in [3.63, 3.8) is 0 Å². The molecule has 1 aromatic carbocycles. The highest BCUT2D eigenvalue weighted by Crippen LogP contribution is 2.27. The van der Waals surface area contributed by atoms with Gasteiger partial charge in [-0.2, -0.15) is 0 Å². The van der Waals surface area contributed by atoms with Gasteiger partial charge in [0.15, 0.2) is 0 Å². The lowest BCUT2D eigenvalue weighted by Gasteiger charge is -2.22. The van der Waals surface area contributed by atoms with Crippen molar-refractivity contribution in [3.05, 3.63) is 57.8 Å². The predicted molar refractivity (Wildman–Crippen MR) is 88.6 cm³/mol. The molecule has 2 atom stereocenters. The van der Waals surface area contributed by atoms with E-state index in [1.54, 1.807) is 18.4 Å². The summed E-state index contributed by atoms with van der Waals surface area (Å²) >= 11 is 1.70.